The molecular formula is C15H17BrN2O. The molecule has 19 heavy (non-hydrogen) atoms. The lowest BCUT2D eigenvalue weighted by Crippen LogP contribution is -2.10. The van der Waals surface area contributed by atoms with Crippen LogP contribution >= 0.6 is 15.9 Å². The Labute approximate surface area is 122 Å². The number of methoxy groups -OCH3 is 1. The Balaban J connectivity index is 2.17. The van der Waals surface area contributed by atoms with Crippen molar-refractivity contribution in [2.24, 2.45) is 0 Å². The molecular weight excluding hydrogens is 304 g/mol. The second kappa shape index (κ2) is 6.57. The molecule has 2 rings (SSSR count). The molecule has 0 saturated carbocycles. The van der Waals surface area contributed by atoms with Gasteiger partial charge >= 0.3 is 0 Å². The number of ether oxygens (including phenoxy) is 1. The van der Waals surface area contributed by atoms with Crippen LogP contribution in [0.15, 0.2) is 47.2 Å². The minimum atomic E-state index is 0.256. The highest BCUT2D eigenvalue weighted by Crippen LogP contribution is 2.27. The van der Waals surface area contributed by atoms with Crippen LogP contribution in [0.1, 0.15) is 24.9 Å². The van der Waals surface area contributed by atoms with E-state index in [-0.39, 0.29) is 6.04 Å². The van der Waals surface area contributed by atoms with E-state index in [0.29, 0.717) is 0 Å². The third kappa shape index (κ3) is 3.47. The number of rotatable bonds is 5. The van der Waals surface area contributed by atoms with Crippen molar-refractivity contribution in [2.75, 3.05) is 12.4 Å². The van der Waals surface area contributed by atoms with Crippen molar-refractivity contribution < 1.29 is 4.74 Å². The quantitative estimate of drug-likeness (QED) is 0.828. The van der Waals surface area contributed by atoms with Gasteiger partial charge in [0.1, 0.15) is 10.4 Å². The Morgan fingerprint density at radius 2 is 2.00 bits per heavy atom. The summed E-state index contributed by atoms with van der Waals surface area (Å²) in [5, 5.41) is 3.50. The molecule has 0 radical (unpaired) electrons. The van der Waals surface area contributed by atoms with Gasteiger partial charge in [0.05, 0.1) is 18.8 Å². The molecule has 0 amide bonds. The maximum atomic E-state index is 5.18. The molecule has 0 aliphatic carbocycles. The lowest BCUT2D eigenvalue weighted by atomic mass is 10.0. The summed E-state index contributed by atoms with van der Waals surface area (Å²) in [6.07, 6.45) is 2.76. The number of halogens is 1. The summed E-state index contributed by atoms with van der Waals surface area (Å²) in [4.78, 5) is 4.22. The molecule has 1 N–H and O–H groups in total. The summed E-state index contributed by atoms with van der Waals surface area (Å²) < 4.78 is 6.02. The van der Waals surface area contributed by atoms with Gasteiger partial charge in [-0.3, -0.25) is 0 Å². The summed E-state index contributed by atoms with van der Waals surface area (Å²) in [5.41, 5.74) is 2.24. The summed E-state index contributed by atoms with van der Waals surface area (Å²) in [7, 11) is 1.68. The maximum Gasteiger partial charge on any atom is 0.129 e. The minimum absolute atomic E-state index is 0.256. The third-order valence-electron chi connectivity index (χ3n) is 3.02. The average molecular weight is 321 g/mol. The zero-order chi connectivity index (χ0) is 13.7. The lowest BCUT2D eigenvalue weighted by Gasteiger charge is -2.19. The standard InChI is InChI=1S/C15H17BrN2O/c1-3-13(11-6-8-12(19-2)9-7-11)18-14-5-4-10-17-15(14)16/h4-10,13,18H,3H2,1-2H3. The summed E-state index contributed by atoms with van der Waals surface area (Å²) in [5.74, 6) is 0.876. The molecule has 3 nitrogen and oxygen atoms in total. The first-order chi connectivity index (χ1) is 9.24. The van der Waals surface area contributed by atoms with Crippen molar-refractivity contribution in [2.45, 2.75) is 19.4 Å². The van der Waals surface area contributed by atoms with Crippen LogP contribution in [0, 0.1) is 0 Å². The molecule has 1 atom stereocenters. The molecule has 1 heterocycles. The van der Waals surface area contributed by atoms with Crippen LogP contribution in [0.5, 0.6) is 5.75 Å². The molecule has 0 saturated heterocycles. The Kier molecular flexibility index (Phi) is 4.80. The van der Waals surface area contributed by atoms with Gasteiger partial charge in [0.2, 0.25) is 0 Å². The van der Waals surface area contributed by atoms with Crippen LogP contribution in [0.2, 0.25) is 0 Å². The molecule has 0 bridgehead atoms. The van der Waals surface area contributed by atoms with Crippen molar-refractivity contribution in [3.8, 4) is 5.75 Å². The van der Waals surface area contributed by atoms with E-state index in [1.807, 2.05) is 24.3 Å². The van der Waals surface area contributed by atoms with Gasteiger partial charge in [-0.2, -0.15) is 0 Å². The second-order valence-electron chi connectivity index (χ2n) is 4.22. The topological polar surface area (TPSA) is 34.2 Å². The van der Waals surface area contributed by atoms with Crippen molar-refractivity contribution in [3.05, 3.63) is 52.8 Å². The zero-order valence-corrected chi connectivity index (χ0v) is 12.6. The van der Waals surface area contributed by atoms with E-state index >= 15 is 0 Å². The Bertz CT molecular complexity index is 528. The van der Waals surface area contributed by atoms with Gasteiger partial charge < -0.3 is 10.1 Å². The normalized spacial score (nSPS) is 11.9. The minimum Gasteiger partial charge on any atom is -0.497 e. The number of nitrogens with one attached hydrogen (secondary N) is 1. The van der Waals surface area contributed by atoms with Gasteiger partial charge in [-0.05, 0) is 52.2 Å². The van der Waals surface area contributed by atoms with Crippen LogP contribution in [-0.2, 0) is 0 Å². The van der Waals surface area contributed by atoms with Crippen molar-refractivity contribution in [3.63, 3.8) is 0 Å². The van der Waals surface area contributed by atoms with E-state index in [1.54, 1.807) is 13.3 Å². The average Bonchev–Trinajstić information content (AvgIpc) is 2.47. The summed E-state index contributed by atoms with van der Waals surface area (Å²) in [6, 6.07) is 12.3. The predicted octanol–water partition coefficient (Wildman–Crippen LogP) is 4.42. The first kappa shape index (κ1) is 13.9. The Hall–Kier alpha value is -1.55. The van der Waals surface area contributed by atoms with Crippen LogP contribution in [0.25, 0.3) is 0 Å². The number of nitrogens with zero attached hydrogens (tertiary/aromatic N) is 1. The first-order valence-corrected chi connectivity index (χ1v) is 7.05. The number of anilines is 1. The van der Waals surface area contributed by atoms with Crippen LogP contribution in [0.4, 0.5) is 5.69 Å². The van der Waals surface area contributed by atoms with Gasteiger partial charge in [0.25, 0.3) is 0 Å². The van der Waals surface area contributed by atoms with Gasteiger partial charge in [0, 0.05) is 6.20 Å². The van der Waals surface area contributed by atoms with E-state index in [2.05, 4.69) is 45.3 Å². The SMILES string of the molecule is CCC(Nc1cccnc1Br)c1ccc(OC)cc1. The fourth-order valence-corrected chi connectivity index (χ4v) is 2.30. The Morgan fingerprint density at radius 3 is 2.58 bits per heavy atom. The van der Waals surface area contributed by atoms with Crippen molar-refractivity contribution in [1.82, 2.24) is 4.98 Å². The Morgan fingerprint density at radius 1 is 1.26 bits per heavy atom. The second-order valence-corrected chi connectivity index (χ2v) is 4.97. The van der Waals surface area contributed by atoms with Gasteiger partial charge in [-0.1, -0.05) is 19.1 Å². The van der Waals surface area contributed by atoms with Crippen molar-refractivity contribution in [1.29, 1.82) is 0 Å². The smallest absolute Gasteiger partial charge is 0.129 e. The zero-order valence-electron chi connectivity index (χ0n) is 11.1. The van der Waals surface area contributed by atoms with Crippen LogP contribution < -0.4 is 10.1 Å². The molecule has 4 heteroatoms. The highest BCUT2D eigenvalue weighted by Gasteiger charge is 2.11. The predicted molar refractivity (Wildman–Crippen MR) is 81.6 cm³/mol. The molecule has 0 aliphatic heterocycles. The molecule has 1 unspecified atom stereocenters. The van der Waals surface area contributed by atoms with Crippen molar-refractivity contribution >= 4 is 21.6 Å². The lowest BCUT2D eigenvalue weighted by molar-refractivity contribution is 0.414. The summed E-state index contributed by atoms with van der Waals surface area (Å²) >= 11 is 3.46. The molecule has 0 aliphatic rings. The fraction of sp³-hybridized carbons (Fsp3) is 0.267. The third-order valence-corrected chi connectivity index (χ3v) is 3.65. The van der Waals surface area contributed by atoms with E-state index in [9.17, 15) is 0 Å². The highest BCUT2D eigenvalue weighted by atomic mass is 79.9. The van der Waals surface area contributed by atoms with Crippen LogP contribution in [0.3, 0.4) is 0 Å². The number of pyridine rings is 1. The van der Waals surface area contributed by atoms with E-state index in [4.69, 9.17) is 4.74 Å². The van der Waals surface area contributed by atoms with Gasteiger partial charge in [0.15, 0.2) is 0 Å². The number of hydrogen-bond acceptors (Lipinski definition) is 3. The highest BCUT2D eigenvalue weighted by molar-refractivity contribution is 9.10. The molecule has 1 aromatic heterocycles. The van der Waals surface area contributed by atoms with Gasteiger partial charge in [-0.25, -0.2) is 4.98 Å². The first-order valence-electron chi connectivity index (χ1n) is 6.25. The largest absolute Gasteiger partial charge is 0.497 e. The molecule has 1 aromatic carbocycles. The summed E-state index contributed by atoms with van der Waals surface area (Å²) in [6.45, 7) is 2.16. The number of benzene rings is 1. The maximum absolute atomic E-state index is 5.18. The molecule has 0 spiro atoms. The van der Waals surface area contributed by atoms with E-state index in [1.165, 1.54) is 5.56 Å². The molecule has 100 valence electrons. The van der Waals surface area contributed by atoms with Gasteiger partial charge in [-0.15, -0.1) is 0 Å². The monoisotopic (exact) mass is 320 g/mol. The number of aromatic nitrogens is 1. The molecule has 2 aromatic rings. The van der Waals surface area contributed by atoms with E-state index in [0.717, 1.165) is 22.5 Å². The molecule has 0 fully saturated rings. The van der Waals surface area contributed by atoms with E-state index < -0.39 is 0 Å². The van der Waals surface area contributed by atoms with Crippen LogP contribution in [-0.4, -0.2) is 12.1 Å². The number of hydrogen-bond donors (Lipinski definition) is 1. The fourth-order valence-electron chi connectivity index (χ4n) is 1.94.